The second-order valence-electron chi connectivity index (χ2n) is 10.0. The van der Waals surface area contributed by atoms with Crippen molar-refractivity contribution >= 4 is 32.5 Å². The number of pyridine rings is 3. The van der Waals surface area contributed by atoms with E-state index in [-0.39, 0.29) is 41.9 Å². The molecule has 0 spiro atoms. The van der Waals surface area contributed by atoms with E-state index < -0.39 is 9.84 Å². The van der Waals surface area contributed by atoms with Crippen molar-refractivity contribution in [3.63, 3.8) is 0 Å². The molecule has 9 nitrogen and oxygen atoms in total. The Hall–Kier alpha value is -3.89. The first kappa shape index (κ1) is 25.4. The van der Waals surface area contributed by atoms with Gasteiger partial charge in [-0.2, -0.15) is 0 Å². The molecule has 0 bridgehead atoms. The summed E-state index contributed by atoms with van der Waals surface area (Å²) in [7, 11) is -3.50. The Morgan fingerprint density at radius 1 is 1.10 bits per heavy atom. The van der Waals surface area contributed by atoms with Crippen molar-refractivity contribution in [3.8, 4) is 11.4 Å². The Kier molecular flexibility index (Phi) is 6.74. The largest absolute Gasteiger partial charge is 0.376 e. The second-order valence-corrected chi connectivity index (χ2v) is 12.1. The minimum atomic E-state index is -3.50. The van der Waals surface area contributed by atoms with Gasteiger partial charge in [-0.25, -0.2) is 18.4 Å². The van der Waals surface area contributed by atoms with Crippen LogP contribution in [0.2, 0.25) is 0 Å². The maximum atomic E-state index is 12.9. The van der Waals surface area contributed by atoms with E-state index in [1.165, 1.54) is 18.9 Å². The summed E-state index contributed by atoms with van der Waals surface area (Å²) in [6.07, 6.45) is 4.08. The van der Waals surface area contributed by atoms with Crippen molar-refractivity contribution in [1.29, 1.82) is 0 Å². The number of fused-ring (bicyclic) bond motifs is 2. The third-order valence-corrected chi connectivity index (χ3v) is 9.08. The number of hydrogen-bond donors (Lipinski definition) is 1. The molecule has 2 aliphatic rings. The van der Waals surface area contributed by atoms with Crippen molar-refractivity contribution < 1.29 is 17.9 Å². The highest BCUT2D eigenvalue weighted by molar-refractivity contribution is 7.91. The average molecular weight is 544 g/mol. The molecule has 1 amide bonds. The normalized spacial score (nSPS) is 18.5. The van der Waals surface area contributed by atoms with E-state index >= 15 is 0 Å². The maximum absolute atomic E-state index is 12.9. The van der Waals surface area contributed by atoms with E-state index in [4.69, 9.17) is 14.7 Å². The van der Waals surface area contributed by atoms with Gasteiger partial charge in [0.25, 0.3) is 5.91 Å². The van der Waals surface area contributed by atoms with E-state index in [0.717, 1.165) is 34.7 Å². The Balaban J connectivity index is 1.20. The van der Waals surface area contributed by atoms with Crippen molar-refractivity contribution in [3.05, 3.63) is 77.6 Å². The molecule has 0 aliphatic carbocycles. The molecule has 0 unspecified atom stereocenters. The van der Waals surface area contributed by atoms with Crippen LogP contribution in [0.4, 0.5) is 5.82 Å². The third kappa shape index (κ3) is 5.22. The third-order valence-electron chi connectivity index (χ3n) is 7.32. The number of anilines is 1. The number of sulfone groups is 1. The topological polar surface area (TPSA) is 114 Å². The van der Waals surface area contributed by atoms with E-state index in [9.17, 15) is 13.2 Å². The lowest BCUT2D eigenvalue weighted by Gasteiger charge is -2.22. The smallest absolute Gasteiger partial charge is 0.251 e. The molecular weight excluding hydrogens is 514 g/mol. The number of ether oxygens (including phenoxy) is 1. The van der Waals surface area contributed by atoms with E-state index in [0.29, 0.717) is 17.3 Å². The van der Waals surface area contributed by atoms with Crippen LogP contribution < -0.4 is 10.2 Å². The Labute approximate surface area is 227 Å². The lowest BCUT2D eigenvalue weighted by molar-refractivity contribution is 0.0950. The molecule has 1 fully saturated rings. The molecule has 5 heterocycles. The van der Waals surface area contributed by atoms with Gasteiger partial charge >= 0.3 is 0 Å². The molecule has 1 N–H and O–H groups in total. The summed E-state index contributed by atoms with van der Waals surface area (Å²) >= 11 is 0. The zero-order chi connectivity index (χ0) is 27.0. The molecule has 2 aliphatic heterocycles. The lowest BCUT2D eigenvalue weighted by atomic mass is 10.1. The van der Waals surface area contributed by atoms with Gasteiger partial charge in [-0.15, -0.1) is 0 Å². The summed E-state index contributed by atoms with van der Waals surface area (Å²) in [6.45, 7) is 3.77. The Morgan fingerprint density at radius 3 is 2.82 bits per heavy atom. The molecule has 1 aromatic carbocycles. The van der Waals surface area contributed by atoms with Crippen molar-refractivity contribution in [2.75, 3.05) is 23.8 Å². The molecule has 10 heteroatoms. The van der Waals surface area contributed by atoms with Crippen LogP contribution in [-0.4, -0.2) is 54.2 Å². The van der Waals surface area contributed by atoms with Gasteiger partial charge in [0.2, 0.25) is 0 Å². The lowest BCUT2D eigenvalue weighted by Crippen LogP contribution is -2.27. The minimum Gasteiger partial charge on any atom is -0.376 e. The summed E-state index contributed by atoms with van der Waals surface area (Å²) in [5.41, 5.74) is 3.82. The van der Waals surface area contributed by atoms with E-state index in [1.54, 1.807) is 18.3 Å². The summed E-state index contributed by atoms with van der Waals surface area (Å²) < 4.78 is 30.5. The molecule has 0 radical (unpaired) electrons. The quantitative estimate of drug-likeness (QED) is 0.403. The predicted octanol–water partition coefficient (Wildman–Crippen LogP) is 3.91. The molecular formula is C29H29N5O4S. The van der Waals surface area contributed by atoms with Crippen LogP contribution in [0.15, 0.2) is 65.7 Å². The van der Waals surface area contributed by atoms with Crippen LogP contribution in [0.1, 0.15) is 41.4 Å². The van der Waals surface area contributed by atoms with Gasteiger partial charge in [0.15, 0.2) is 9.84 Å². The number of amides is 1. The number of aromatic nitrogens is 3. The number of hydrogen-bond acceptors (Lipinski definition) is 8. The predicted molar refractivity (Wildman–Crippen MR) is 148 cm³/mol. The minimum absolute atomic E-state index is 0.0989. The Morgan fingerprint density at radius 2 is 1.97 bits per heavy atom. The zero-order valence-corrected chi connectivity index (χ0v) is 22.4. The Bertz CT molecular complexity index is 1670. The van der Waals surface area contributed by atoms with Gasteiger partial charge < -0.3 is 15.0 Å². The number of nitrogens with zero attached hydrogens (tertiary/aromatic N) is 4. The van der Waals surface area contributed by atoms with Crippen LogP contribution in [0.25, 0.3) is 22.3 Å². The monoisotopic (exact) mass is 543 g/mol. The first-order valence-electron chi connectivity index (χ1n) is 13.1. The molecule has 200 valence electrons. The molecule has 1 saturated heterocycles. The van der Waals surface area contributed by atoms with Gasteiger partial charge in [0, 0.05) is 29.7 Å². The number of benzene rings is 1. The maximum Gasteiger partial charge on any atom is 0.251 e. The van der Waals surface area contributed by atoms with Gasteiger partial charge in [-0.05, 0) is 67.8 Å². The molecule has 39 heavy (non-hydrogen) atoms. The highest BCUT2D eigenvalue weighted by Gasteiger charge is 2.24. The first-order chi connectivity index (χ1) is 18.9. The number of rotatable bonds is 5. The molecule has 4 aromatic rings. The summed E-state index contributed by atoms with van der Waals surface area (Å²) in [6, 6.07) is 17.0. The SMILES string of the molecule is C[C@@H]1CCCN1c1cccc(-c2ccc3cnc(CNC(=O)c4ccc5c(c4)S(=O)(=O)CCOC5)cc3n2)n1. The number of carbonyl (C=O) groups is 1. The van der Waals surface area contributed by atoms with Crippen molar-refractivity contribution in [1.82, 2.24) is 20.3 Å². The van der Waals surface area contributed by atoms with Crippen LogP contribution in [0, 0.1) is 0 Å². The summed E-state index contributed by atoms with van der Waals surface area (Å²) in [5.74, 6) is 0.493. The van der Waals surface area contributed by atoms with Gasteiger partial charge in [-0.3, -0.25) is 9.78 Å². The van der Waals surface area contributed by atoms with E-state index in [2.05, 4.69) is 22.1 Å². The summed E-state index contributed by atoms with van der Waals surface area (Å²) in [4.78, 5) is 29.6. The van der Waals surface area contributed by atoms with E-state index in [1.807, 2.05) is 36.4 Å². The molecule has 3 aromatic heterocycles. The van der Waals surface area contributed by atoms with Crippen LogP contribution >= 0.6 is 0 Å². The zero-order valence-electron chi connectivity index (χ0n) is 21.6. The second kappa shape index (κ2) is 10.3. The molecule has 6 rings (SSSR count). The van der Waals surface area contributed by atoms with Gasteiger partial charge in [-0.1, -0.05) is 12.1 Å². The fourth-order valence-electron chi connectivity index (χ4n) is 5.13. The average Bonchev–Trinajstić information content (AvgIpc) is 3.32. The highest BCUT2D eigenvalue weighted by atomic mass is 32.2. The molecule has 0 saturated carbocycles. The van der Waals surface area contributed by atoms with Crippen LogP contribution in [0.5, 0.6) is 0 Å². The number of nitrogens with one attached hydrogen (secondary N) is 1. The highest BCUT2D eigenvalue weighted by Crippen LogP contribution is 2.27. The fourth-order valence-corrected chi connectivity index (χ4v) is 6.53. The first-order valence-corrected chi connectivity index (χ1v) is 14.7. The summed E-state index contributed by atoms with van der Waals surface area (Å²) in [5, 5.41) is 3.73. The van der Waals surface area contributed by atoms with Crippen molar-refractivity contribution in [2.45, 2.75) is 43.9 Å². The van der Waals surface area contributed by atoms with Crippen molar-refractivity contribution in [2.24, 2.45) is 0 Å². The van der Waals surface area contributed by atoms with Gasteiger partial charge in [0.1, 0.15) is 5.82 Å². The molecule has 1 atom stereocenters. The fraction of sp³-hybridized carbons (Fsp3) is 0.310. The van der Waals surface area contributed by atoms with Gasteiger partial charge in [0.05, 0.1) is 53.0 Å². The van der Waals surface area contributed by atoms with Crippen LogP contribution in [-0.2, 0) is 27.7 Å². The number of carbonyl (C=O) groups excluding carboxylic acids is 1. The van der Waals surface area contributed by atoms with Crippen LogP contribution in [0.3, 0.4) is 0 Å². The standard InChI is InChI=1S/C29H29N5O4S/c1-19-4-3-11-34(19)28-6-2-5-24(33-28)25-10-9-21-16-30-23(15-26(21)32-25)17-31-29(35)20-7-8-22-18-38-12-13-39(36,37)27(22)14-20/h2,5-10,14-16,19H,3-4,11-13,17-18H2,1H3,(H,31,35)/t19-/m1/s1.